The van der Waals surface area contributed by atoms with Crippen molar-refractivity contribution in [3.63, 3.8) is 0 Å². The van der Waals surface area contributed by atoms with Gasteiger partial charge in [-0.2, -0.15) is 0 Å². The minimum absolute atomic E-state index is 0.0494. The first kappa shape index (κ1) is 37.8. The molecule has 56 heavy (non-hydrogen) atoms. The van der Waals surface area contributed by atoms with E-state index >= 15 is 0 Å². The van der Waals surface area contributed by atoms with Crippen LogP contribution < -0.4 is 25.1 Å². The van der Waals surface area contributed by atoms with Gasteiger partial charge in [-0.1, -0.05) is 5.21 Å². The summed E-state index contributed by atoms with van der Waals surface area (Å²) < 4.78 is 26.5. The van der Waals surface area contributed by atoms with Crippen molar-refractivity contribution in [2.24, 2.45) is 7.05 Å². The van der Waals surface area contributed by atoms with E-state index in [9.17, 15) is 24.0 Å². The lowest BCUT2D eigenvalue weighted by Gasteiger charge is -2.27. The summed E-state index contributed by atoms with van der Waals surface area (Å²) in [4.78, 5) is 69.7. The minimum Gasteiger partial charge on any atom is -0.496 e. The number of fused-ring (bicyclic) bond motifs is 2. The number of ether oxygens (including phenoxy) is 4. The molecule has 5 heterocycles. The summed E-state index contributed by atoms with van der Waals surface area (Å²) in [7, 11) is 6.95. The van der Waals surface area contributed by atoms with Crippen LogP contribution in [-0.2, 0) is 41.1 Å². The molecule has 0 spiro atoms. The summed E-state index contributed by atoms with van der Waals surface area (Å²) in [6.45, 7) is 2.34. The molecule has 17 nitrogen and oxygen atoms in total. The van der Waals surface area contributed by atoms with Crippen LogP contribution in [0.5, 0.6) is 17.2 Å². The average molecular weight is 765 g/mol. The van der Waals surface area contributed by atoms with E-state index in [4.69, 9.17) is 18.9 Å². The molecule has 0 bridgehead atoms. The van der Waals surface area contributed by atoms with Gasteiger partial charge in [-0.05, 0) is 60.8 Å². The molecule has 0 aliphatic carbocycles. The number of hydrogen-bond acceptors (Lipinski definition) is 13. The first-order valence-corrected chi connectivity index (χ1v) is 17.9. The van der Waals surface area contributed by atoms with Gasteiger partial charge in [0.2, 0.25) is 11.8 Å². The van der Waals surface area contributed by atoms with Crippen molar-refractivity contribution in [2.75, 3.05) is 41.0 Å². The molecule has 17 heteroatoms. The number of likely N-dealkylation sites (N-methyl/N-ethyl adjacent to an activating group) is 1. The molecule has 1 unspecified atom stereocenters. The van der Waals surface area contributed by atoms with Crippen LogP contribution in [0.4, 0.5) is 0 Å². The zero-order valence-electron chi connectivity index (χ0n) is 31.3. The van der Waals surface area contributed by atoms with Crippen molar-refractivity contribution in [3.05, 3.63) is 93.9 Å². The average Bonchev–Trinajstić information content (AvgIpc) is 3.76. The molecule has 2 aliphatic rings. The number of pyridine rings is 2. The Bertz CT molecular complexity index is 2380. The number of imide groups is 2. The first-order chi connectivity index (χ1) is 27.1. The molecular weight excluding hydrogens is 724 g/mol. The van der Waals surface area contributed by atoms with E-state index in [0.717, 1.165) is 27.0 Å². The number of amides is 4. The van der Waals surface area contributed by atoms with Gasteiger partial charge in [-0.25, -0.2) is 0 Å². The molecule has 3 aromatic heterocycles. The topological polar surface area (TPSA) is 189 Å². The summed E-state index contributed by atoms with van der Waals surface area (Å²) in [5.74, 6) is -0.588. The zero-order chi connectivity index (χ0) is 39.5. The van der Waals surface area contributed by atoms with E-state index < -0.39 is 29.7 Å². The number of piperidine rings is 1. The maximum absolute atomic E-state index is 13.1. The number of aromatic nitrogens is 5. The molecule has 2 aliphatic heterocycles. The smallest absolute Gasteiger partial charge is 0.262 e. The Balaban J connectivity index is 0.893. The number of carbonyl (C=O) groups excluding carboxylic acids is 4. The molecule has 1 fully saturated rings. The molecule has 0 radical (unpaired) electrons. The Hall–Kier alpha value is -6.46. The van der Waals surface area contributed by atoms with Crippen molar-refractivity contribution >= 4 is 34.4 Å². The number of carbonyl (C=O) groups is 4. The van der Waals surface area contributed by atoms with Gasteiger partial charge in [-0.3, -0.25) is 48.8 Å². The van der Waals surface area contributed by atoms with Gasteiger partial charge in [0.15, 0.2) is 0 Å². The molecule has 290 valence electrons. The van der Waals surface area contributed by atoms with E-state index in [2.05, 4.69) is 25.5 Å². The highest BCUT2D eigenvalue weighted by molar-refractivity contribution is 6.23. The highest BCUT2D eigenvalue weighted by Gasteiger charge is 2.44. The second kappa shape index (κ2) is 16.1. The van der Waals surface area contributed by atoms with Crippen molar-refractivity contribution in [1.29, 1.82) is 0 Å². The third-order valence-corrected chi connectivity index (χ3v) is 9.79. The second-order valence-electron chi connectivity index (χ2n) is 13.5. The molecule has 4 amide bonds. The number of aryl methyl sites for hydroxylation is 1. The highest BCUT2D eigenvalue weighted by atomic mass is 16.5. The van der Waals surface area contributed by atoms with Crippen LogP contribution in [-0.4, -0.2) is 105 Å². The molecule has 1 N–H and O–H groups in total. The fraction of sp³-hybridized carbons (Fsp3) is 0.333. The predicted molar refractivity (Wildman–Crippen MR) is 200 cm³/mol. The summed E-state index contributed by atoms with van der Waals surface area (Å²) in [5.41, 5.74) is 3.42. The van der Waals surface area contributed by atoms with Gasteiger partial charge < -0.3 is 23.5 Å². The summed E-state index contributed by atoms with van der Waals surface area (Å²) in [5, 5.41) is 12.0. The zero-order valence-corrected chi connectivity index (χ0v) is 31.3. The highest BCUT2D eigenvalue weighted by Crippen LogP contribution is 2.38. The number of benzene rings is 2. The SMILES string of the molecule is COc1cc(-c2cn(C)c(=O)c3cnccc23)cc(OC)c1CN(C)CCn1cc(COCCOc2ccc3c(c2)C(=O)N(C2CCC(=O)NC2=O)C3=O)nn1. The second-order valence-corrected chi connectivity index (χ2v) is 13.5. The van der Waals surface area contributed by atoms with E-state index in [-0.39, 0.29) is 49.3 Å². The lowest BCUT2D eigenvalue weighted by molar-refractivity contribution is -0.136. The van der Waals surface area contributed by atoms with Crippen LogP contribution in [0.2, 0.25) is 0 Å². The minimum atomic E-state index is -1.03. The van der Waals surface area contributed by atoms with Crippen molar-refractivity contribution < 1.29 is 38.1 Å². The van der Waals surface area contributed by atoms with Crippen LogP contribution in [0.25, 0.3) is 21.9 Å². The van der Waals surface area contributed by atoms with E-state index in [1.54, 1.807) is 49.0 Å². The Morgan fingerprint density at radius 1 is 0.911 bits per heavy atom. The summed E-state index contributed by atoms with van der Waals surface area (Å²) in [6, 6.07) is 9.25. The Morgan fingerprint density at radius 2 is 1.68 bits per heavy atom. The molecule has 0 saturated carbocycles. The molecule has 7 rings (SSSR count). The van der Waals surface area contributed by atoms with Gasteiger partial charge in [0.25, 0.3) is 17.4 Å². The maximum atomic E-state index is 13.1. The third kappa shape index (κ3) is 7.58. The van der Waals surface area contributed by atoms with Crippen LogP contribution in [0.15, 0.2) is 66.0 Å². The number of nitrogens with one attached hydrogen (secondary N) is 1. The van der Waals surface area contributed by atoms with E-state index in [1.165, 1.54) is 12.1 Å². The molecule has 1 atom stereocenters. The number of methoxy groups -OCH3 is 2. The normalized spacial score (nSPS) is 15.4. The first-order valence-electron chi connectivity index (χ1n) is 17.9. The largest absolute Gasteiger partial charge is 0.496 e. The molecular formula is C39H40N8O9. The van der Waals surface area contributed by atoms with Gasteiger partial charge in [-0.15, -0.1) is 5.10 Å². The molecule has 5 aromatic rings. The standard InChI is InChI=1S/C39H40N8O9/c1-44(20-31-33(53-3)15-23(16-34(31)54-4)30-21-45(2)37(50)29-18-40-10-9-26(29)30)11-12-46-19-24(42-43-46)22-55-13-14-56-25-5-6-27-28(17-25)39(52)47(38(27)51)32-7-8-35(48)41-36(32)49/h5-6,9-10,15-19,21,32H,7-8,11-14,20,22H2,1-4H3,(H,41,48,49). The Morgan fingerprint density at radius 3 is 2.43 bits per heavy atom. The number of rotatable bonds is 15. The predicted octanol–water partition coefficient (Wildman–Crippen LogP) is 2.34. The Labute approximate surface area is 320 Å². The van der Waals surface area contributed by atoms with Crippen LogP contribution in [0.1, 0.15) is 44.8 Å². The third-order valence-electron chi connectivity index (χ3n) is 9.79. The Kier molecular flexibility index (Phi) is 10.9. The van der Waals surface area contributed by atoms with E-state index in [0.29, 0.717) is 48.0 Å². The summed E-state index contributed by atoms with van der Waals surface area (Å²) in [6.07, 6.45) is 7.01. The van der Waals surface area contributed by atoms with Gasteiger partial charge in [0, 0.05) is 50.7 Å². The quantitative estimate of drug-likeness (QED) is 0.121. The maximum Gasteiger partial charge on any atom is 0.262 e. The molecule has 2 aromatic carbocycles. The number of hydrogen-bond donors (Lipinski definition) is 1. The van der Waals surface area contributed by atoms with Gasteiger partial charge >= 0.3 is 0 Å². The monoisotopic (exact) mass is 764 g/mol. The van der Waals surface area contributed by atoms with Gasteiger partial charge in [0.1, 0.15) is 35.6 Å². The fourth-order valence-electron chi connectivity index (χ4n) is 6.91. The fourth-order valence-corrected chi connectivity index (χ4v) is 6.91. The van der Waals surface area contributed by atoms with Crippen LogP contribution in [0.3, 0.4) is 0 Å². The van der Waals surface area contributed by atoms with Crippen LogP contribution in [0, 0.1) is 0 Å². The lowest BCUT2D eigenvalue weighted by atomic mass is 9.99. The van der Waals surface area contributed by atoms with Crippen molar-refractivity contribution in [3.8, 4) is 28.4 Å². The van der Waals surface area contributed by atoms with Gasteiger partial charge in [0.05, 0.1) is 62.3 Å². The van der Waals surface area contributed by atoms with E-state index in [1.807, 2.05) is 37.6 Å². The van der Waals surface area contributed by atoms with Crippen molar-refractivity contribution in [1.82, 2.24) is 39.7 Å². The lowest BCUT2D eigenvalue weighted by Crippen LogP contribution is -2.54. The molecule has 1 saturated heterocycles. The van der Waals surface area contributed by atoms with Crippen molar-refractivity contribution in [2.45, 2.75) is 38.6 Å². The van der Waals surface area contributed by atoms with Crippen LogP contribution >= 0.6 is 0 Å². The summed E-state index contributed by atoms with van der Waals surface area (Å²) >= 11 is 0. The number of nitrogens with zero attached hydrogens (tertiary/aromatic N) is 7.